The fraction of sp³-hybridized carbons (Fsp3) is 0.133. The van der Waals surface area contributed by atoms with Crippen molar-refractivity contribution in [1.82, 2.24) is 5.32 Å². The molecule has 97 valence electrons. The van der Waals surface area contributed by atoms with Crippen molar-refractivity contribution in [3.05, 3.63) is 54.1 Å². The van der Waals surface area contributed by atoms with E-state index in [2.05, 4.69) is 5.32 Å². The Hall–Kier alpha value is -2.49. The maximum Gasteiger partial charge on any atom is 0.309 e. The Balaban J connectivity index is 2.11. The average Bonchev–Trinajstić information content (AvgIpc) is 2.46. The lowest BCUT2D eigenvalue weighted by Crippen LogP contribution is -2.09. The van der Waals surface area contributed by atoms with E-state index in [0.29, 0.717) is 18.0 Å². The van der Waals surface area contributed by atoms with E-state index in [-0.39, 0.29) is 0 Å². The van der Waals surface area contributed by atoms with E-state index in [0.717, 1.165) is 11.3 Å². The van der Waals surface area contributed by atoms with E-state index in [9.17, 15) is 4.79 Å². The van der Waals surface area contributed by atoms with Gasteiger partial charge in [0.2, 0.25) is 0 Å². The minimum absolute atomic E-state index is 0.429. The largest absolute Gasteiger partial charge is 0.497 e. The summed E-state index contributed by atoms with van der Waals surface area (Å²) in [5.74, 6) is 2.15. The Morgan fingerprint density at radius 2 is 1.74 bits per heavy atom. The van der Waals surface area contributed by atoms with Crippen molar-refractivity contribution in [3.63, 3.8) is 0 Å². The van der Waals surface area contributed by atoms with Gasteiger partial charge in [-0.2, -0.15) is 0 Å². The number of benzene rings is 2. The van der Waals surface area contributed by atoms with Crippen LogP contribution in [0.2, 0.25) is 0 Å². The number of methoxy groups -OCH3 is 1. The molecular weight excluding hydrogens is 242 g/mol. The molecule has 0 aliphatic rings. The summed E-state index contributed by atoms with van der Waals surface area (Å²) >= 11 is 0. The summed E-state index contributed by atoms with van der Waals surface area (Å²) in [7, 11) is 1.61. The Kier molecular flexibility index (Phi) is 4.39. The summed E-state index contributed by atoms with van der Waals surface area (Å²) in [6, 6.07) is 14.9. The molecule has 0 spiro atoms. The van der Waals surface area contributed by atoms with Gasteiger partial charge in [0.1, 0.15) is 17.2 Å². The lowest BCUT2D eigenvalue weighted by atomic mass is 10.2. The lowest BCUT2D eigenvalue weighted by Gasteiger charge is -2.08. The van der Waals surface area contributed by atoms with E-state index >= 15 is 0 Å². The van der Waals surface area contributed by atoms with Gasteiger partial charge < -0.3 is 14.8 Å². The number of nitrogens with one attached hydrogen (secondary N) is 1. The molecule has 4 nitrogen and oxygen atoms in total. The number of ether oxygens (including phenoxy) is 2. The molecule has 19 heavy (non-hydrogen) atoms. The highest BCUT2D eigenvalue weighted by atomic mass is 16.5. The SMILES string of the molecule is COc1cccc(Oc2cccc(CN[C]=O)c2)c1. The molecule has 1 amide bonds. The predicted octanol–water partition coefficient (Wildman–Crippen LogP) is 2.64. The van der Waals surface area contributed by atoms with E-state index in [1.165, 1.54) is 0 Å². The number of hydrogen-bond acceptors (Lipinski definition) is 3. The Morgan fingerprint density at radius 1 is 1.05 bits per heavy atom. The minimum atomic E-state index is 0.429. The summed E-state index contributed by atoms with van der Waals surface area (Å²) in [5.41, 5.74) is 0.948. The first-order valence-corrected chi connectivity index (χ1v) is 5.82. The van der Waals surface area contributed by atoms with Crippen LogP contribution < -0.4 is 14.8 Å². The second kappa shape index (κ2) is 6.44. The summed E-state index contributed by atoms with van der Waals surface area (Å²) in [4.78, 5) is 10.1. The van der Waals surface area contributed by atoms with Crippen LogP contribution in [0, 0.1) is 0 Å². The standard InChI is InChI=1S/C15H14NO3/c1-18-13-5-3-7-15(9-13)19-14-6-2-4-12(8-14)10-16-11-17/h2-9H,10H2,1H3,(H,16,17). The van der Waals surface area contributed by atoms with Crippen molar-refractivity contribution < 1.29 is 14.3 Å². The first kappa shape index (κ1) is 13.0. The lowest BCUT2D eigenvalue weighted by molar-refractivity contribution is 0.409. The van der Waals surface area contributed by atoms with Gasteiger partial charge in [-0.25, -0.2) is 0 Å². The molecule has 0 bridgehead atoms. The van der Waals surface area contributed by atoms with Crippen molar-refractivity contribution in [2.45, 2.75) is 6.54 Å². The molecule has 0 fully saturated rings. The summed E-state index contributed by atoms with van der Waals surface area (Å²) in [5, 5.41) is 2.49. The molecule has 2 rings (SSSR count). The quantitative estimate of drug-likeness (QED) is 0.808. The number of rotatable bonds is 6. The van der Waals surface area contributed by atoms with Crippen LogP contribution in [-0.4, -0.2) is 13.5 Å². The van der Waals surface area contributed by atoms with E-state index in [1.54, 1.807) is 13.5 Å². The van der Waals surface area contributed by atoms with Gasteiger partial charge in [0, 0.05) is 12.6 Å². The topological polar surface area (TPSA) is 47.6 Å². The smallest absolute Gasteiger partial charge is 0.309 e. The van der Waals surface area contributed by atoms with E-state index in [4.69, 9.17) is 9.47 Å². The molecule has 0 aliphatic carbocycles. The fourth-order valence-corrected chi connectivity index (χ4v) is 1.66. The van der Waals surface area contributed by atoms with Crippen molar-refractivity contribution in [1.29, 1.82) is 0 Å². The molecule has 0 saturated heterocycles. The highest BCUT2D eigenvalue weighted by Gasteiger charge is 2.00. The van der Waals surface area contributed by atoms with E-state index in [1.807, 2.05) is 48.5 Å². The molecule has 0 heterocycles. The maximum absolute atomic E-state index is 10.1. The molecule has 1 N–H and O–H groups in total. The fourth-order valence-electron chi connectivity index (χ4n) is 1.66. The molecular formula is C15H14NO3. The Labute approximate surface area is 112 Å². The second-order valence-electron chi connectivity index (χ2n) is 3.88. The highest BCUT2D eigenvalue weighted by Crippen LogP contribution is 2.25. The third-order valence-corrected chi connectivity index (χ3v) is 2.54. The van der Waals surface area contributed by atoms with Gasteiger partial charge in [-0.15, -0.1) is 0 Å². The van der Waals surface area contributed by atoms with Crippen LogP contribution in [0.3, 0.4) is 0 Å². The van der Waals surface area contributed by atoms with Gasteiger partial charge in [0.25, 0.3) is 0 Å². The molecule has 2 aromatic carbocycles. The van der Waals surface area contributed by atoms with Crippen LogP contribution in [0.15, 0.2) is 48.5 Å². The summed E-state index contributed by atoms with van der Waals surface area (Å²) < 4.78 is 10.9. The van der Waals surface area contributed by atoms with E-state index < -0.39 is 0 Å². The number of carbonyl (C=O) groups excluding carboxylic acids is 1. The second-order valence-corrected chi connectivity index (χ2v) is 3.88. The first-order valence-electron chi connectivity index (χ1n) is 5.82. The van der Waals surface area contributed by atoms with Gasteiger partial charge in [-0.05, 0) is 29.8 Å². The molecule has 4 heteroatoms. The minimum Gasteiger partial charge on any atom is -0.497 e. The van der Waals surface area contributed by atoms with Crippen LogP contribution in [-0.2, 0) is 11.3 Å². The molecule has 0 saturated carbocycles. The Morgan fingerprint density at radius 3 is 2.47 bits per heavy atom. The molecule has 0 unspecified atom stereocenters. The van der Waals surface area contributed by atoms with Crippen molar-refractivity contribution in [2.75, 3.05) is 7.11 Å². The monoisotopic (exact) mass is 256 g/mol. The molecule has 2 aromatic rings. The van der Waals surface area contributed by atoms with Gasteiger partial charge in [0.15, 0.2) is 0 Å². The highest BCUT2D eigenvalue weighted by molar-refractivity contribution is 5.47. The molecule has 0 atom stereocenters. The first-order chi connectivity index (χ1) is 9.31. The van der Waals surface area contributed by atoms with Crippen LogP contribution in [0.5, 0.6) is 17.2 Å². The van der Waals surface area contributed by atoms with Gasteiger partial charge >= 0.3 is 6.41 Å². The van der Waals surface area contributed by atoms with Crippen molar-refractivity contribution >= 4 is 6.41 Å². The zero-order valence-corrected chi connectivity index (χ0v) is 10.6. The third-order valence-electron chi connectivity index (χ3n) is 2.54. The Bertz CT molecular complexity index is 555. The normalized spacial score (nSPS) is 9.74. The number of amides is 1. The van der Waals surface area contributed by atoms with Crippen LogP contribution >= 0.6 is 0 Å². The molecule has 1 radical (unpaired) electrons. The van der Waals surface area contributed by atoms with Gasteiger partial charge in [-0.1, -0.05) is 18.2 Å². The summed E-state index contributed by atoms with van der Waals surface area (Å²) in [6.07, 6.45) is 1.64. The van der Waals surface area contributed by atoms with Gasteiger partial charge in [-0.3, -0.25) is 4.79 Å². The van der Waals surface area contributed by atoms with Gasteiger partial charge in [0.05, 0.1) is 7.11 Å². The van der Waals surface area contributed by atoms with Crippen molar-refractivity contribution in [3.8, 4) is 17.2 Å². The van der Waals surface area contributed by atoms with Crippen LogP contribution in [0.25, 0.3) is 0 Å². The summed E-state index contributed by atoms with van der Waals surface area (Å²) in [6.45, 7) is 0.429. The molecule has 0 aliphatic heterocycles. The van der Waals surface area contributed by atoms with Crippen molar-refractivity contribution in [2.24, 2.45) is 0 Å². The van der Waals surface area contributed by atoms with Crippen LogP contribution in [0.1, 0.15) is 5.56 Å². The average molecular weight is 256 g/mol. The van der Waals surface area contributed by atoms with Crippen LogP contribution in [0.4, 0.5) is 0 Å². The predicted molar refractivity (Wildman–Crippen MR) is 72.0 cm³/mol. The molecule has 0 aromatic heterocycles. The number of hydrogen-bond donors (Lipinski definition) is 1. The maximum atomic E-state index is 10.1. The zero-order valence-electron chi connectivity index (χ0n) is 10.6. The third kappa shape index (κ3) is 3.74. The zero-order chi connectivity index (χ0) is 13.5.